The van der Waals surface area contributed by atoms with Gasteiger partial charge in [0.05, 0.1) is 0 Å². The molecule has 6 heteroatoms. The van der Waals surface area contributed by atoms with Crippen LogP contribution in [0, 0.1) is 0 Å². The Hall–Kier alpha value is -0.780. The second-order valence-electron chi connectivity index (χ2n) is 3.38. The molecule has 0 bridgehead atoms. The van der Waals surface area contributed by atoms with Crippen molar-refractivity contribution in [2.24, 2.45) is 0 Å². The van der Waals surface area contributed by atoms with Crippen LogP contribution in [0.3, 0.4) is 0 Å². The average Bonchev–Trinajstić information content (AvgIpc) is 2.02. The van der Waals surface area contributed by atoms with Crippen LogP contribution in [-0.2, 0) is 4.79 Å². The van der Waals surface area contributed by atoms with Crippen LogP contribution >= 0.6 is 0 Å². The Morgan fingerprint density at radius 1 is 1.36 bits per heavy atom. The molecule has 1 heterocycles. The highest BCUT2D eigenvalue weighted by Crippen LogP contribution is 2.19. The van der Waals surface area contributed by atoms with Crippen molar-refractivity contribution < 1.29 is 18.0 Å². The number of piperidine rings is 1. The molecule has 2 N–H and O–H groups in total. The molecule has 1 aliphatic heterocycles. The molecule has 0 saturated carbocycles. The van der Waals surface area contributed by atoms with E-state index in [4.69, 9.17) is 0 Å². The highest BCUT2D eigenvalue weighted by atomic mass is 19.4. The Morgan fingerprint density at radius 3 is 2.43 bits per heavy atom. The van der Waals surface area contributed by atoms with Crippen molar-refractivity contribution in [1.29, 1.82) is 0 Å². The van der Waals surface area contributed by atoms with E-state index in [1.165, 1.54) is 0 Å². The zero-order chi connectivity index (χ0) is 10.6. The molecule has 0 radical (unpaired) electrons. The number of hydrogen-bond donors (Lipinski definition) is 2. The summed E-state index contributed by atoms with van der Waals surface area (Å²) in [6.07, 6.45) is -4.39. The summed E-state index contributed by atoms with van der Waals surface area (Å²) in [5.41, 5.74) is 0. The summed E-state index contributed by atoms with van der Waals surface area (Å²) in [6, 6.07) is -0.105. The number of carbonyl (C=O) groups is 1. The van der Waals surface area contributed by atoms with Crippen molar-refractivity contribution in [2.75, 3.05) is 13.1 Å². The number of alkyl halides is 3. The van der Waals surface area contributed by atoms with Gasteiger partial charge in [-0.25, -0.2) is 0 Å². The third-order valence-corrected chi connectivity index (χ3v) is 2.07. The minimum Gasteiger partial charge on any atom is -0.353 e. The molecular formula is C8H13F3N2O. The Kier molecular flexibility index (Phi) is 3.74. The molecule has 3 nitrogen and oxygen atoms in total. The molecule has 14 heavy (non-hydrogen) atoms. The fraction of sp³-hybridized carbons (Fsp3) is 0.875. The molecule has 1 aliphatic rings. The smallest absolute Gasteiger partial charge is 0.353 e. The molecule has 0 aliphatic carbocycles. The van der Waals surface area contributed by atoms with Crippen molar-refractivity contribution in [2.45, 2.75) is 31.5 Å². The summed E-state index contributed by atoms with van der Waals surface area (Å²) in [7, 11) is 0. The maximum Gasteiger partial charge on any atom is 0.397 e. The van der Waals surface area contributed by atoms with Crippen molar-refractivity contribution in [3.63, 3.8) is 0 Å². The van der Waals surface area contributed by atoms with Crippen LogP contribution in [0.15, 0.2) is 0 Å². The van der Waals surface area contributed by atoms with Gasteiger partial charge in [0.2, 0.25) is 5.91 Å². The Bertz CT molecular complexity index is 199. The molecule has 1 amide bonds. The number of hydrogen-bond acceptors (Lipinski definition) is 2. The molecule has 1 fully saturated rings. The zero-order valence-corrected chi connectivity index (χ0v) is 7.66. The van der Waals surface area contributed by atoms with Crippen LogP contribution in [0.2, 0.25) is 0 Å². The highest BCUT2D eigenvalue weighted by molar-refractivity contribution is 5.76. The van der Waals surface area contributed by atoms with Gasteiger partial charge in [0, 0.05) is 6.04 Å². The van der Waals surface area contributed by atoms with E-state index in [0.717, 1.165) is 13.1 Å². The third-order valence-electron chi connectivity index (χ3n) is 2.07. The predicted molar refractivity (Wildman–Crippen MR) is 44.7 cm³/mol. The van der Waals surface area contributed by atoms with Crippen LogP contribution in [0.25, 0.3) is 0 Å². The molecule has 0 aromatic carbocycles. The van der Waals surface area contributed by atoms with Crippen LogP contribution in [0.5, 0.6) is 0 Å². The maximum atomic E-state index is 11.8. The van der Waals surface area contributed by atoms with Crippen LogP contribution in [-0.4, -0.2) is 31.2 Å². The van der Waals surface area contributed by atoms with E-state index in [2.05, 4.69) is 10.6 Å². The standard InChI is InChI=1S/C8H13F3N2O/c9-8(10,11)5-7(14)13-6-1-3-12-4-2-6/h6,12H,1-5H2,(H,13,14). The van der Waals surface area contributed by atoms with Crippen LogP contribution in [0.4, 0.5) is 13.2 Å². The quantitative estimate of drug-likeness (QED) is 0.708. The molecule has 82 valence electrons. The van der Waals surface area contributed by atoms with E-state index in [-0.39, 0.29) is 6.04 Å². The first-order valence-corrected chi connectivity index (χ1v) is 4.54. The number of carbonyl (C=O) groups excluding carboxylic acids is 1. The Labute approximate surface area is 80.0 Å². The topological polar surface area (TPSA) is 41.1 Å². The van der Waals surface area contributed by atoms with Crippen molar-refractivity contribution in [3.8, 4) is 0 Å². The summed E-state index contributed by atoms with van der Waals surface area (Å²) in [5.74, 6) is -0.926. The van der Waals surface area contributed by atoms with E-state index in [0.29, 0.717) is 12.8 Å². The summed E-state index contributed by atoms with van der Waals surface area (Å²) >= 11 is 0. The molecule has 0 aromatic rings. The number of amides is 1. The maximum absolute atomic E-state index is 11.8. The van der Waals surface area contributed by atoms with Gasteiger partial charge in [0.15, 0.2) is 0 Å². The first-order valence-electron chi connectivity index (χ1n) is 4.54. The lowest BCUT2D eigenvalue weighted by Crippen LogP contribution is -2.43. The second-order valence-corrected chi connectivity index (χ2v) is 3.38. The van der Waals surface area contributed by atoms with Gasteiger partial charge < -0.3 is 10.6 Å². The van der Waals surface area contributed by atoms with E-state index < -0.39 is 18.5 Å². The van der Waals surface area contributed by atoms with E-state index in [1.54, 1.807) is 0 Å². The summed E-state index contributed by atoms with van der Waals surface area (Å²) < 4.78 is 35.4. The van der Waals surface area contributed by atoms with E-state index in [1.807, 2.05) is 0 Å². The second kappa shape index (κ2) is 4.63. The normalized spacial score (nSPS) is 19.4. The van der Waals surface area contributed by atoms with Crippen molar-refractivity contribution in [3.05, 3.63) is 0 Å². The minimum absolute atomic E-state index is 0.105. The first kappa shape index (κ1) is 11.3. The monoisotopic (exact) mass is 210 g/mol. The van der Waals surface area contributed by atoms with Gasteiger partial charge in [-0.15, -0.1) is 0 Å². The number of rotatable bonds is 2. The third kappa shape index (κ3) is 4.45. The van der Waals surface area contributed by atoms with Gasteiger partial charge in [-0.1, -0.05) is 0 Å². The number of halogens is 3. The Morgan fingerprint density at radius 2 is 1.93 bits per heavy atom. The van der Waals surface area contributed by atoms with E-state index >= 15 is 0 Å². The summed E-state index contributed by atoms with van der Waals surface area (Å²) in [5, 5.41) is 5.44. The molecule has 0 aromatic heterocycles. The molecule has 0 unspecified atom stereocenters. The van der Waals surface area contributed by atoms with Crippen LogP contribution < -0.4 is 10.6 Å². The largest absolute Gasteiger partial charge is 0.397 e. The van der Waals surface area contributed by atoms with Crippen molar-refractivity contribution >= 4 is 5.91 Å². The van der Waals surface area contributed by atoms with E-state index in [9.17, 15) is 18.0 Å². The van der Waals surface area contributed by atoms with Gasteiger partial charge in [-0.3, -0.25) is 4.79 Å². The van der Waals surface area contributed by atoms with Gasteiger partial charge >= 0.3 is 6.18 Å². The first-order chi connectivity index (χ1) is 6.47. The fourth-order valence-electron chi connectivity index (χ4n) is 1.43. The van der Waals surface area contributed by atoms with Gasteiger partial charge in [0.25, 0.3) is 0 Å². The van der Waals surface area contributed by atoms with Crippen LogP contribution in [0.1, 0.15) is 19.3 Å². The summed E-state index contributed by atoms with van der Waals surface area (Å²) in [4.78, 5) is 10.9. The lowest BCUT2D eigenvalue weighted by molar-refractivity contribution is -0.154. The Balaban J connectivity index is 2.25. The van der Waals surface area contributed by atoms with Gasteiger partial charge in [-0.05, 0) is 25.9 Å². The predicted octanol–water partition coefficient (Wildman–Crippen LogP) is 0.807. The summed E-state index contributed by atoms with van der Waals surface area (Å²) in [6.45, 7) is 1.49. The lowest BCUT2D eigenvalue weighted by Gasteiger charge is -2.23. The number of nitrogens with one attached hydrogen (secondary N) is 2. The SMILES string of the molecule is O=C(CC(F)(F)F)NC1CCNCC1. The minimum atomic E-state index is -4.41. The highest BCUT2D eigenvalue weighted by Gasteiger charge is 2.31. The molecule has 1 saturated heterocycles. The lowest BCUT2D eigenvalue weighted by atomic mass is 10.1. The molecular weight excluding hydrogens is 197 g/mol. The molecule has 0 spiro atoms. The average molecular weight is 210 g/mol. The fourth-order valence-corrected chi connectivity index (χ4v) is 1.43. The zero-order valence-electron chi connectivity index (χ0n) is 7.66. The molecule has 1 rings (SSSR count). The van der Waals surface area contributed by atoms with Crippen molar-refractivity contribution in [1.82, 2.24) is 10.6 Å². The molecule has 0 atom stereocenters. The van der Waals surface area contributed by atoms with Gasteiger partial charge in [0.1, 0.15) is 6.42 Å². The van der Waals surface area contributed by atoms with Gasteiger partial charge in [-0.2, -0.15) is 13.2 Å².